The molecule has 0 aliphatic carbocycles. The van der Waals surface area contributed by atoms with Crippen molar-refractivity contribution in [3.05, 3.63) is 53.6 Å². The highest BCUT2D eigenvalue weighted by Gasteiger charge is 2.26. The molecule has 0 atom stereocenters. The molecule has 0 saturated carbocycles. The zero-order chi connectivity index (χ0) is 31.5. The van der Waals surface area contributed by atoms with E-state index in [1.165, 1.54) is 23.9 Å². The first-order valence-corrected chi connectivity index (χ1v) is 12.9. The molecule has 6 radical (unpaired) electrons. The fourth-order valence-corrected chi connectivity index (χ4v) is 4.13. The highest BCUT2D eigenvalue weighted by molar-refractivity contribution is 6.60. The maximum Gasteiger partial charge on any atom is 0.272 e. The van der Waals surface area contributed by atoms with Crippen LogP contribution in [0.15, 0.2) is 36.4 Å². The first-order chi connectivity index (χ1) is 20.2. The van der Waals surface area contributed by atoms with Gasteiger partial charge in [0.2, 0.25) is 5.88 Å². The largest absolute Gasteiger partial charge is 0.494 e. The third-order valence-corrected chi connectivity index (χ3v) is 5.84. The van der Waals surface area contributed by atoms with Gasteiger partial charge in [-0.3, -0.25) is 9.48 Å². The van der Waals surface area contributed by atoms with Crippen molar-refractivity contribution < 1.29 is 23.8 Å². The van der Waals surface area contributed by atoms with Crippen molar-refractivity contribution in [2.75, 3.05) is 24.4 Å². The summed E-state index contributed by atoms with van der Waals surface area (Å²) in [6, 6.07) is 8.66. The number of aliphatic hydroxyl groups is 1. The number of benzene rings is 1. The van der Waals surface area contributed by atoms with Crippen molar-refractivity contribution in [1.82, 2.24) is 35.5 Å². The molecule has 1 aromatic carbocycles. The quantitative estimate of drug-likeness (QED) is 0.191. The number of hydrogen-bond acceptors (Lipinski definition) is 11. The summed E-state index contributed by atoms with van der Waals surface area (Å²) in [5.41, 5.74) is -0.231. The molecule has 0 spiro atoms. The number of hydrogen-bond donors (Lipinski definition) is 4. The number of carbonyl (C=O) groups excluding carboxylic acids is 1. The molecule has 0 aliphatic rings. The Hall–Kier alpha value is -4.66. The number of amides is 1. The van der Waals surface area contributed by atoms with E-state index in [1.54, 1.807) is 39.1 Å². The summed E-state index contributed by atoms with van der Waals surface area (Å²) < 4.78 is 27.5. The van der Waals surface area contributed by atoms with E-state index < -0.39 is 22.6 Å². The lowest BCUT2D eigenvalue weighted by Crippen LogP contribution is -2.50. The molecular formula is C26H27B3FN9O4. The van der Waals surface area contributed by atoms with Crippen LogP contribution in [-0.4, -0.2) is 83.7 Å². The predicted octanol–water partition coefficient (Wildman–Crippen LogP) is 1.77. The Bertz CT molecular complexity index is 1620. The lowest BCUT2D eigenvalue weighted by Gasteiger charge is -2.23. The van der Waals surface area contributed by atoms with Crippen molar-refractivity contribution >= 4 is 52.5 Å². The number of aromatic nitrogens is 6. The molecule has 216 valence electrons. The lowest BCUT2D eigenvalue weighted by atomic mass is 9.49. The van der Waals surface area contributed by atoms with E-state index in [4.69, 9.17) is 33.0 Å². The summed E-state index contributed by atoms with van der Waals surface area (Å²) in [6.07, 6.45) is 0. The minimum atomic E-state index is -2.06. The van der Waals surface area contributed by atoms with Gasteiger partial charge in [-0.1, -0.05) is 5.24 Å². The minimum absolute atomic E-state index is 0.0474. The molecule has 1 amide bonds. The van der Waals surface area contributed by atoms with Crippen molar-refractivity contribution in [1.29, 1.82) is 0 Å². The second kappa shape index (κ2) is 12.3. The van der Waals surface area contributed by atoms with E-state index in [1.807, 2.05) is 6.92 Å². The maximum atomic E-state index is 15.0. The van der Waals surface area contributed by atoms with E-state index in [2.05, 4.69) is 41.4 Å². The maximum absolute atomic E-state index is 15.0. The van der Waals surface area contributed by atoms with Crippen LogP contribution >= 0.6 is 0 Å². The molecule has 0 saturated heterocycles. The summed E-state index contributed by atoms with van der Waals surface area (Å²) >= 11 is 0. The van der Waals surface area contributed by atoms with Gasteiger partial charge in [-0.15, -0.1) is 20.4 Å². The number of carbonyl (C=O) groups is 1. The van der Waals surface area contributed by atoms with Gasteiger partial charge in [0.1, 0.15) is 11.4 Å². The van der Waals surface area contributed by atoms with Gasteiger partial charge in [0.25, 0.3) is 5.91 Å². The van der Waals surface area contributed by atoms with Crippen molar-refractivity contribution in [3.8, 4) is 22.9 Å². The molecule has 43 heavy (non-hydrogen) atoms. The van der Waals surface area contributed by atoms with Gasteiger partial charge in [0.15, 0.2) is 23.1 Å². The van der Waals surface area contributed by atoms with Crippen LogP contribution < -0.4 is 25.4 Å². The van der Waals surface area contributed by atoms with Crippen LogP contribution in [0.5, 0.6) is 11.6 Å². The molecule has 3 heterocycles. The highest BCUT2D eigenvalue weighted by atomic mass is 19.1. The van der Waals surface area contributed by atoms with E-state index >= 15 is 4.39 Å². The molecule has 0 aliphatic heterocycles. The number of aryl methyl sites for hydroxylation is 1. The molecule has 0 bridgehead atoms. The van der Waals surface area contributed by atoms with Crippen molar-refractivity contribution in [2.45, 2.75) is 31.6 Å². The van der Waals surface area contributed by atoms with Gasteiger partial charge >= 0.3 is 0 Å². The molecule has 13 nitrogen and oxygen atoms in total. The Morgan fingerprint density at radius 1 is 1.02 bits per heavy atom. The lowest BCUT2D eigenvalue weighted by molar-refractivity contribution is 0.0695. The molecule has 3 aromatic heterocycles. The number of nitrogens with one attached hydrogen (secondary N) is 3. The molecule has 0 fully saturated rings. The number of ether oxygens (including phenoxy) is 2. The Morgan fingerprint density at radius 2 is 1.74 bits per heavy atom. The summed E-state index contributed by atoms with van der Waals surface area (Å²) in [5, 5.41) is 37.0. The molecule has 17 heteroatoms. The monoisotopic (exact) mass is 581 g/mol. The second-order valence-electron chi connectivity index (χ2n) is 9.95. The van der Waals surface area contributed by atoms with E-state index in [0.29, 0.717) is 29.7 Å². The van der Waals surface area contributed by atoms with Crippen LogP contribution in [0.1, 0.15) is 37.0 Å². The number of anilines is 4. The van der Waals surface area contributed by atoms with E-state index in [9.17, 15) is 9.90 Å². The zero-order valence-electron chi connectivity index (χ0n) is 24.1. The van der Waals surface area contributed by atoms with Gasteiger partial charge in [-0.2, -0.15) is 5.10 Å². The van der Waals surface area contributed by atoms with Crippen molar-refractivity contribution in [2.24, 2.45) is 7.05 Å². The SMILES string of the molecule is [B]C([B])([B])NC(=O)c1nnc(Nc2ccc(OCC)nn2)cc1Nc1cc(F)cc(-c2cc(C(C)(C)O)n(C)n2)c1OC. The van der Waals surface area contributed by atoms with Crippen molar-refractivity contribution in [3.63, 3.8) is 0 Å². The number of rotatable bonds is 11. The molecule has 4 rings (SSSR count). The van der Waals surface area contributed by atoms with Crippen LogP contribution in [0, 0.1) is 5.82 Å². The second-order valence-corrected chi connectivity index (χ2v) is 9.95. The van der Waals surface area contributed by atoms with Crippen LogP contribution in [0.2, 0.25) is 0 Å². The standard InChI is InChI=1S/C26H27B3FN9O4/c1-6-43-21-8-7-19(34-36-21)32-20-12-16(22(37-35-20)24(40)33-26(27,28)29)31-17-10-13(30)9-14(23(17)42-5)15-11-18(25(2,3)41)39(4)38-15/h7-12,41H,6H2,1-5H3,(H,33,40)(H2,31,32,34,35). The van der Waals surface area contributed by atoms with Crippen LogP contribution in [-0.2, 0) is 12.6 Å². The first kappa shape index (κ1) is 31.3. The first-order valence-electron chi connectivity index (χ1n) is 12.9. The Balaban J connectivity index is 1.78. The predicted molar refractivity (Wildman–Crippen MR) is 160 cm³/mol. The smallest absolute Gasteiger partial charge is 0.272 e. The number of halogens is 1. The van der Waals surface area contributed by atoms with Gasteiger partial charge in [0.05, 0.1) is 60.0 Å². The number of nitrogens with zero attached hydrogens (tertiary/aromatic N) is 6. The fourth-order valence-electron chi connectivity index (χ4n) is 4.13. The molecule has 4 N–H and O–H groups in total. The summed E-state index contributed by atoms with van der Waals surface area (Å²) in [5.74, 6) is -0.553. The average Bonchev–Trinajstić information content (AvgIpc) is 3.31. The van der Waals surface area contributed by atoms with Gasteiger partial charge in [-0.05, 0) is 39.0 Å². The Labute approximate surface area is 251 Å². The van der Waals surface area contributed by atoms with Crippen LogP contribution in [0.25, 0.3) is 11.3 Å². The summed E-state index contributed by atoms with van der Waals surface area (Å²) in [4.78, 5) is 13.0. The topological polar surface area (TPSA) is 161 Å². The fraction of sp³-hybridized carbons (Fsp3) is 0.308. The molecule has 0 unspecified atom stereocenters. The van der Waals surface area contributed by atoms with Gasteiger partial charge in [-0.25, -0.2) is 4.39 Å². The highest BCUT2D eigenvalue weighted by Crippen LogP contribution is 2.40. The van der Waals surface area contributed by atoms with Gasteiger partial charge in [0, 0.05) is 30.8 Å². The Kier molecular flexibility index (Phi) is 8.94. The van der Waals surface area contributed by atoms with Gasteiger partial charge < -0.3 is 30.5 Å². The summed E-state index contributed by atoms with van der Waals surface area (Å²) in [6.45, 7) is 5.46. The zero-order valence-corrected chi connectivity index (χ0v) is 24.1. The van der Waals surface area contributed by atoms with E-state index in [0.717, 1.165) is 6.07 Å². The van der Waals surface area contributed by atoms with E-state index in [-0.39, 0.29) is 34.2 Å². The minimum Gasteiger partial charge on any atom is -0.494 e. The average molecular weight is 581 g/mol. The third kappa shape index (κ3) is 7.60. The molecule has 4 aromatic rings. The van der Waals surface area contributed by atoms with Crippen LogP contribution in [0.3, 0.4) is 0 Å². The number of methoxy groups -OCH3 is 1. The Morgan fingerprint density at radius 3 is 2.33 bits per heavy atom. The normalized spacial score (nSPS) is 11.6. The molecular weight excluding hydrogens is 554 g/mol. The van der Waals surface area contributed by atoms with Crippen LogP contribution in [0.4, 0.5) is 27.4 Å². The third-order valence-electron chi connectivity index (χ3n) is 5.84. The summed E-state index contributed by atoms with van der Waals surface area (Å²) in [7, 11) is 19.7.